The second kappa shape index (κ2) is 14.2. The first kappa shape index (κ1) is 31.6. The maximum absolute atomic E-state index is 13.8. The number of nitrogens with zero attached hydrogens (tertiary/aromatic N) is 2. The Bertz CT molecular complexity index is 1530. The maximum Gasteiger partial charge on any atom is 0.416 e. The van der Waals surface area contributed by atoms with Crippen molar-refractivity contribution in [3.8, 4) is 0 Å². The van der Waals surface area contributed by atoms with Crippen LogP contribution < -0.4 is 5.32 Å². The van der Waals surface area contributed by atoms with Crippen LogP contribution in [-0.4, -0.2) is 60.1 Å². The van der Waals surface area contributed by atoms with Crippen LogP contribution in [0.15, 0.2) is 72.9 Å². The fourth-order valence-electron chi connectivity index (χ4n) is 4.90. The number of amides is 3. The van der Waals surface area contributed by atoms with Crippen LogP contribution in [0, 0.1) is 13.8 Å². The summed E-state index contributed by atoms with van der Waals surface area (Å²) in [5, 5.41) is 3.97. The molecule has 0 fully saturated rings. The predicted molar refractivity (Wildman–Crippen MR) is 162 cm³/mol. The smallest absolute Gasteiger partial charge is 0.385 e. The molecule has 0 radical (unpaired) electrons. The molecule has 43 heavy (non-hydrogen) atoms. The minimum atomic E-state index is -4.45. The lowest BCUT2D eigenvalue weighted by Crippen LogP contribution is -2.45. The Balaban J connectivity index is 1.55. The number of benzene rings is 3. The molecule has 4 aromatic rings. The summed E-state index contributed by atoms with van der Waals surface area (Å²) in [7, 11) is 1.57. The molecule has 0 unspecified atom stereocenters. The van der Waals surface area contributed by atoms with Gasteiger partial charge in [-0.2, -0.15) is 13.2 Å². The first-order valence-electron chi connectivity index (χ1n) is 14.2. The third-order valence-corrected chi connectivity index (χ3v) is 7.57. The number of H-pyrrole nitrogens is 1. The monoisotopic (exact) mass is 594 g/mol. The Morgan fingerprint density at radius 3 is 2.40 bits per heavy atom. The Kier molecular flexibility index (Phi) is 10.5. The number of urea groups is 1. The number of aromatic nitrogens is 1. The molecule has 3 aromatic carbocycles. The molecule has 0 spiro atoms. The molecule has 0 aliphatic rings. The number of hydrogen-bond acceptors (Lipinski definition) is 3. The van der Waals surface area contributed by atoms with E-state index < -0.39 is 17.8 Å². The molecule has 3 amide bonds. The topological polar surface area (TPSA) is 77.7 Å². The van der Waals surface area contributed by atoms with Crippen molar-refractivity contribution in [3.05, 3.63) is 101 Å². The zero-order valence-electron chi connectivity index (χ0n) is 24.6. The lowest BCUT2D eigenvalue weighted by molar-refractivity contribution is -0.137. The van der Waals surface area contributed by atoms with Gasteiger partial charge in [0.1, 0.15) is 6.54 Å². The number of alkyl halides is 3. The van der Waals surface area contributed by atoms with Crippen molar-refractivity contribution in [3.63, 3.8) is 0 Å². The van der Waals surface area contributed by atoms with E-state index in [2.05, 4.69) is 10.3 Å². The summed E-state index contributed by atoms with van der Waals surface area (Å²) in [6, 6.07) is 17.9. The van der Waals surface area contributed by atoms with Crippen LogP contribution in [0.4, 0.5) is 23.7 Å². The van der Waals surface area contributed by atoms with Crippen LogP contribution in [0.25, 0.3) is 10.9 Å². The normalized spacial score (nSPS) is 11.5. The summed E-state index contributed by atoms with van der Waals surface area (Å²) in [5.41, 5.74) is 4.43. The molecule has 0 aliphatic carbocycles. The number of carbonyl (C=O) groups excluding carboxylic acids is 2. The highest BCUT2D eigenvalue weighted by molar-refractivity contribution is 5.93. The van der Waals surface area contributed by atoms with Crippen molar-refractivity contribution in [2.75, 3.05) is 38.7 Å². The Hall–Kier alpha value is -4.31. The van der Waals surface area contributed by atoms with E-state index in [9.17, 15) is 22.8 Å². The van der Waals surface area contributed by atoms with Crippen LogP contribution in [0.3, 0.4) is 0 Å². The van der Waals surface area contributed by atoms with Gasteiger partial charge in [-0.3, -0.25) is 4.79 Å². The third kappa shape index (κ3) is 8.38. The van der Waals surface area contributed by atoms with E-state index in [1.807, 2.05) is 62.5 Å². The van der Waals surface area contributed by atoms with Crippen LogP contribution in [-0.2, 0) is 28.7 Å². The van der Waals surface area contributed by atoms with Gasteiger partial charge in [0.25, 0.3) is 0 Å². The predicted octanol–water partition coefficient (Wildman–Crippen LogP) is 6.95. The summed E-state index contributed by atoms with van der Waals surface area (Å²) in [6.45, 7) is 4.79. The Labute approximate surface area is 249 Å². The molecule has 0 aliphatic heterocycles. The van der Waals surface area contributed by atoms with E-state index in [0.29, 0.717) is 37.2 Å². The third-order valence-electron chi connectivity index (χ3n) is 7.57. The molecule has 0 saturated heterocycles. The van der Waals surface area contributed by atoms with Crippen LogP contribution in [0.5, 0.6) is 0 Å². The van der Waals surface area contributed by atoms with Gasteiger partial charge in [0.2, 0.25) is 5.91 Å². The van der Waals surface area contributed by atoms with E-state index in [0.717, 1.165) is 39.7 Å². The number of hydrogen-bond donors (Lipinski definition) is 2. The average Bonchev–Trinajstić information content (AvgIpc) is 3.40. The molecule has 1 aromatic heterocycles. The van der Waals surface area contributed by atoms with Gasteiger partial charge in [-0.05, 0) is 73.2 Å². The maximum atomic E-state index is 13.8. The molecular formula is C33H37F3N4O3. The standard InChI is InChI=1S/C33H37F3N4O3/c1-23-8-6-11-29(24(23)2)38-32(42)40(17-7-19-43-3)22-31(41)39(21-25-12-14-27(15-13-25)33(34,35)36)18-16-26-20-37-30-10-5-4-9-28(26)30/h4-6,8-15,20,37H,7,16-19,21-22H2,1-3H3,(H,38,42). The SMILES string of the molecule is COCCCN(CC(=O)N(CCc1c[nH]c2ccccc12)Cc1ccc(C(F)(F)F)cc1)C(=O)Nc1cccc(C)c1C. The number of anilines is 1. The number of carbonyl (C=O) groups is 2. The van der Waals surface area contributed by atoms with Gasteiger partial charge in [0, 0.05) is 56.1 Å². The average molecular weight is 595 g/mol. The number of para-hydroxylation sites is 1. The van der Waals surface area contributed by atoms with Gasteiger partial charge in [-0.25, -0.2) is 4.79 Å². The number of nitrogens with one attached hydrogen (secondary N) is 2. The fraction of sp³-hybridized carbons (Fsp3) is 0.333. The number of halogens is 3. The molecule has 10 heteroatoms. The van der Waals surface area contributed by atoms with Crippen molar-refractivity contribution >= 4 is 28.5 Å². The molecule has 4 rings (SSSR count). The summed E-state index contributed by atoms with van der Waals surface area (Å²) < 4.78 is 44.6. The number of aryl methyl sites for hydroxylation is 1. The van der Waals surface area contributed by atoms with Gasteiger partial charge in [0.15, 0.2) is 0 Å². The van der Waals surface area contributed by atoms with Crippen LogP contribution in [0.1, 0.15) is 34.2 Å². The van der Waals surface area contributed by atoms with E-state index in [-0.39, 0.29) is 25.5 Å². The van der Waals surface area contributed by atoms with Gasteiger partial charge in [-0.1, -0.05) is 42.5 Å². The Morgan fingerprint density at radius 2 is 1.67 bits per heavy atom. The first-order valence-corrected chi connectivity index (χ1v) is 14.2. The van der Waals surface area contributed by atoms with Crippen molar-refractivity contribution in [1.29, 1.82) is 0 Å². The van der Waals surface area contributed by atoms with Gasteiger partial charge in [-0.15, -0.1) is 0 Å². The molecular weight excluding hydrogens is 557 g/mol. The van der Waals surface area contributed by atoms with Crippen LogP contribution in [0.2, 0.25) is 0 Å². The van der Waals surface area contributed by atoms with E-state index >= 15 is 0 Å². The largest absolute Gasteiger partial charge is 0.416 e. The van der Waals surface area contributed by atoms with E-state index in [1.165, 1.54) is 17.0 Å². The number of fused-ring (bicyclic) bond motifs is 1. The fourth-order valence-corrected chi connectivity index (χ4v) is 4.90. The van der Waals surface area contributed by atoms with E-state index in [4.69, 9.17) is 4.74 Å². The number of rotatable bonds is 12. The van der Waals surface area contributed by atoms with Crippen molar-refractivity contribution < 1.29 is 27.5 Å². The second-order valence-electron chi connectivity index (χ2n) is 10.6. The van der Waals surface area contributed by atoms with Gasteiger partial charge >= 0.3 is 12.2 Å². The highest BCUT2D eigenvalue weighted by Crippen LogP contribution is 2.29. The molecule has 1 heterocycles. The lowest BCUT2D eigenvalue weighted by atomic mass is 10.1. The summed E-state index contributed by atoms with van der Waals surface area (Å²) in [4.78, 5) is 33.5. The number of aromatic amines is 1. The molecule has 0 atom stereocenters. The lowest BCUT2D eigenvalue weighted by Gasteiger charge is -2.28. The number of methoxy groups -OCH3 is 1. The summed E-state index contributed by atoms with van der Waals surface area (Å²) in [5.74, 6) is -0.312. The summed E-state index contributed by atoms with van der Waals surface area (Å²) >= 11 is 0. The minimum Gasteiger partial charge on any atom is -0.385 e. The quantitative estimate of drug-likeness (QED) is 0.174. The highest BCUT2D eigenvalue weighted by Gasteiger charge is 2.30. The highest BCUT2D eigenvalue weighted by atomic mass is 19.4. The Morgan fingerprint density at radius 1 is 0.930 bits per heavy atom. The molecule has 7 nitrogen and oxygen atoms in total. The second-order valence-corrected chi connectivity index (χ2v) is 10.6. The molecule has 2 N–H and O–H groups in total. The van der Waals surface area contributed by atoms with Crippen LogP contribution >= 0.6 is 0 Å². The minimum absolute atomic E-state index is 0.101. The van der Waals surface area contributed by atoms with E-state index in [1.54, 1.807) is 12.0 Å². The zero-order valence-corrected chi connectivity index (χ0v) is 24.6. The van der Waals surface area contributed by atoms with Crippen molar-refractivity contribution in [1.82, 2.24) is 14.8 Å². The first-order chi connectivity index (χ1) is 20.6. The van der Waals surface area contributed by atoms with Gasteiger partial charge < -0.3 is 24.8 Å². The molecule has 228 valence electrons. The molecule has 0 saturated carbocycles. The van der Waals surface area contributed by atoms with Crippen molar-refractivity contribution in [2.45, 2.75) is 39.4 Å². The van der Waals surface area contributed by atoms with Crippen molar-refractivity contribution in [2.24, 2.45) is 0 Å². The number of ether oxygens (including phenoxy) is 1. The van der Waals surface area contributed by atoms with Gasteiger partial charge in [0.05, 0.1) is 5.56 Å². The summed E-state index contributed by atoms with van der Waals surface area (Å²) in [6.07, 6.45) is -1.50. The zero-order chi connectivity index (χ0) is 31.0. The molecule has 0 bridgehead atoms.